The molecule has 1 aromatic rings. The van der Waals surface area contributed by atoms with Gasteiger partial charge < -0.3 is 15.0 Å². The van der Waals surface area contributed by atoms with Gasteiger partial charge in [0.1, 0.15) is 5.75 Å². The summed E-state index contributed by atoms with van der Waals surface area (Å²) in [6, 6.07) is 7.71. The predicted molar refractivity (Wildman–Crippen MR) is 106 cm³/mol. The van der Waals surface area contributed by atoms with Gasteiger partial charge in [0.05, 0.1) is 13.0 Å². The molecule has 2 atom stereocenters. The van der Waals surface area contributed by atoms with Crippen LogP contribution in [0.1, 0.15) is 33.1 Å². The van der Waals surface area contributed by atoms with E-state index in [1.165, 1.54) is 12.8 Å². The third-order valence-corrected chi connectivity index (χ3v) is 5.89. The Morgan fingerprint density at radius 1 is 1.26 bits per heavy atom. The first kappa shape index (κ1) is 19.7. The minimum Gasteiger partial charge on any atom is -0.497 e. The fraction of sp³-hybridized carbons (Fsp3) is 0.619. The molecular weight excluding hydrogens is 342 g/mol. The first-order valence-corrected chi connectivity index (χ1v) is 9.94. The molecule has 0 saturated carbocycles. The highest BCUT2D eigenvalue weighted by Gasteiger charge is 2.35. The lowest BCUT2D eigenvalue weighted by molar-refractivity contribution is -0.126. The molecule has 0 spiro atoms. The number of hydrogen-bond donors (Lipinski definition) is 1. The van der Waals surface area contributed by atoms with Crippen molar-refractivity contribution >= 4 is 17.5 Å². The molecule has 148 valence electrons. The van der Waals surface area contributed by atoms with E-state index in [-0.39, 0.29) is 24.2 Å². The van der Waals surface area contributed by atoms with E-state index in [2.05, 4.69) is 24.1 Å². The van der Waals surface area contributed by atoms with Gasteiger partial charge in [0.2, 0.25) is 11.8 Å². The van der Waals surface area contributed by atoms with Crippen molar-refractivity contribution in [1.29, 1.82) is 0 Å². The van der Waals surface area contributed by atoms with Gasteiger partial charge in [0.25, 0.3) is 0 Å². The molecule has 2 fully saturated rings. The molecule has 2 saturated heterocycles. The minimum atomic E-state index is -0.284. The summed E-state index contributed by atoms with van der Waals surface area (Å²) in [5.41, 5.74) is 0.812. The van der Waals surface area contributed by atoms with Gasteiger partial charge in [-0.15, -0.1) is 0 Å². The number of piperidine rings is 1. The smallest absolute Gasteiger partial charge is 0.227 e. The van der Waals surface area contributed by atoms with Crippen molar-refractivity contribution in [2.24, 2.45) is 11.8 Å². The van der Waals surface area contributed by atoms with Gasteiger partial charge in [-0.05, 0) is 63.0 Å². The number of nitrogens with zero attached hydrogens (tertiary/aromatic N) is 2. The molecule has 0 radical (unpaired) electrons. The predicted octanol–water partition coefficient (Wildman–Crippen LogP) is 2.28. The van der Waals surface area contributed by atoms with Crippen LogP contribution in [0.5, 0.6) is 5.75 Å². The van der Waals surface area contributed by atoms with Crippen LogP contribution in [0.4, 0.5) is 5.69 Å². The molecule has 2 aliphatic heterocycles. The van der Waals surface area contributed by atoms with E-state index in [0.717, 1.165) is 30.4 Å². The number of amides is 2. The van der Waals surface area contributed by atoms with Crippen LogP contribution in [0.15, 0.2) is 24.3 Å². The number of anilines is 1. The molecule has 2 unspecified atom stereocenters. The molecule has 0 aromatic heterocycles. The van der Waals surface area contributed by atoms with E-state index < -0.39 is 0 Å². The third-order valence-electron chi connectivity index (χ3n) is 5.89. The van der Waals surface area contributed by atoms with Gasteiger partial charge in [0, 0.05) is 31.2 Å². The third kappa shape index (κ3) is 4.80. The summed E-state index contributed by atoms with van der Waals surface area (Å²) in [4.78, 5) is 29.1. The summed E-state index contributed by atoms with van der Waals surface area (Å²) in [7, 11) is 1.61. The molecule has 1 N–H and O–H groups in total. The Kier molecular flexibility index (Phi) is 6.37. The van der Waals surface area contributed by atoms with Crippen molar-refractivity contribution in [3.05, 3.63) is 24.3 Å². The molecular formula is C21H31N3O3. The normalized spacial score (nSPS) is 22.7. The average Bonchev–Trinajstić information content (AvgIpc) is 3.08. The Balaban J connectivity index is 1.49. The van der Waals surface area contributed by atoms with Crippen LogP contribution in [-0.4, -0.2) is 56.0 Å². The number of rotatable bonds is 6. The summed E-state index contributed by atoms with van der Waals surface area (Å²) in [6.07, 6.45) is 2.73. The number of ether oxygens (including phenoxy) is 1. The minimum absolute atomic E-state index is 0.00150. The lowest BCUT2D eigenvalue weighted by atomic mass is 9.98. The fourth-order valence-electron chi connectivity index (χ4n) is 3.89. The maximum absolute atomic E-state index is 12.6. The summed E-state index contributed by atoms with van der Waals surface area (Å²) in [5, 5.41) is 3.06. The zero-order valence-electron chi connectivity index (χ0n) is 16.6. The molecule has 0 bridgehead atoms. The van der Waals surface area contributed by atoms with Gasteiger partial charge in [0.15, 0.2) is 0 Å². The Hall–Kier alpha value is -2.08. The number of methoxy groups -OCH3 is 1. The number of carbonyl (C=O) groups excluding carboxylic acids is 2. The number of hydrogen-bond acceptors (Lipinski definition) is 4. The molecule has 27 heavy (non-hydrogen) atoms. The van der Waals surface area contributed by atoms with E-state index in [1.54, 1.807) is 12.0 Å². The molecule has 1 aromatic carbocycles. The van der Waals surface area contributed by atoms with Gasteiger partial charge in [-0.1, -0.05) is 6.92 Å². The number of likely N-dealkylation sites (tertiary alicyclic amines) is 1. The number of nitrogens with one attached hydrogen (secondary N) is 1. The first-order valence-electron chi connectivity index (χ1n) is 9.94. The Morgan fingerprint density at radius 2 is 1.93 bits per heavy atom. The Labute approximate surface area is 161 Å². The monoisotopic (exact) mass is 373 g/mol. The molecule has 6 heteroatoms. The van der Waals surface area contributed by atoms with Crippen LogP contribution >= 0.6 is 0 Å². The highest BCUT2D eigenvalue weighted by molar-refractivity contribution is 6.00. The number of benzene rings is 1. The van der Waals surface area contributed by atoms with Gasteiger partial charge >= 0.3 is 0 Å². The highest BCUT2D eigenvalue weighted by atomic mass is 16.5. The maximum atomic E-state index is 12.6. The summed E-state index contributed by atoms with van der Waals surface area (Å²) in [5.74, 6) is 1.25. The van der Waals surface area contributed by atoms with E-state index in [4.69, 9.17) is 4.74 Å². The summed E-state index contributed by atoms with van der Waals surface area (Å²) >= 11 is 0. The van der Waals surface area contributed by atoms with Crippen LogP contribution in [0.25, 0.3) is 0 Å². The van der Waals surface area contributed by atoms with E-state index in [1.807, 2.05) is 24.3 Å². The van der Waals surface area contributed by atoms with E-state index >= 15 is 0 Å². The van der Waals surface area contributed by atoms with Crippen molar-refractivity contribution in [2.75, 3.05) is 38.2 Å². The molecule has 3 rings (SSSR count). The quantitative estimate of drug-likeness (QED) is 0.831. The molecule has 2 aliphatic rings. The second-order valence-corrected chi connectivity index (χ2v) is 7.92. The van der Waals surface area contributed by atoms with Crippen molar-refractivity contribution < 1.29 is 14.3 Å². The lowest BCUT2D eigenvalue weighted by Crippen LogP contribution is -2.46. The van der Waals surface area contributed by atoms with Crippen LogP contribution in [0.2, 0.25) is 0 Å². The molecule has 6 nitrogen and oxygen atoms in total. The zero-order valence-corrected chi connectivity index (χ0v) is 16.6. The second kappa shape index (κ2) is 8.74. The fourth-order valence-corrected chi connectivity index (χ4v) is 3.89. The SMILES string of the molecule is COc1ccc(N2CC(C(=O)NCC(C)N3CCC(C)CC3)CC2=O)cc1. The first-order chi connectivity index (χ1) is 13.0. The molecule has 0 aliphatic carbocycles. The van der Waals surface area contributed by atoms with E-state index in [0.29, 0.717) is 19.1 Å². The topological polar surface area (TPSA) is 61.9 Å². The van der Waals surface area contributed by atoms with Crippen molar-refractivity contribution in [1.82, 2.24) is 10.2 Å². The average molecular weight is 373 g/mol. The second-order valence-electron chi connectivity index (χ2n) is 7.92. The zero-order chi connectivity index (χ0) is 19.4. The molecule has 2 heterocycles. The Morgan fingerprint density at radius 3 is 2.56 bits per heavy atom. The van der Waals surface area contributed by atoms with Crippen molar-refractivity contribution in [3.63, 3.8) is 0 Å². The van der Waals surface area contributed by atoms with Crippen molar-refractivity contribution in [2.45, 2.75) is 39.2 Å². The lowest BCUT2D eigenvalue weighted by Gasteiger charge is -2.35. The van der Waals surface area contributed by atoms with Gasteiger partial charge in [-0.25, -0.2) is 0 Å². The van der Waals surface area contributed by atoms with Crippen LogP contribution < -0.4 is 15.0 Å². The summed E-state index contributed by atoms with van der Waals surface area (Å²) < 4.78 is 5.16. The van der Waals surface area contributed by atoms with Crippen LogP contribution in [0.3, 0.4) is 0 Å². The van der Waals surface area contributed by atoms with Crippen LogP contribution in [0, 0.1) is 11.8 Å². The summed E-state index contributed by atoms with van der Waals surface area (Å²) in [6.45, 7) is 7.75. The number of carbonyl (C=O) groups is 2. The Bertz CT molecular complexity index is 653. The standard InChI is InChI=1S/C21H31N3O3/c1-15-8-10-23(11-9-15)16(2)13-22-21(26)17-12-20(25)24(14-17)18-4-6-19(27-3)7-5-18/h4-7,15-17H,8-14H2,1-3H3,(H,22,26). The van der Waals surface area contributed by atoms with Crippen molar-refractivity contribution in [3.8, 4) is 5.75 Å². The largest absolute Gasteiger partial charge is 0.497 e. The maximum Gasteiger partial charge on any atom is 0.227 e. The van der Waals surface area contributed by atoms with Gasteiger partial charge in [-0.3, -0.25) is 14.5 Å². The van der Waals surface area contributed by atoms with Crippen LogP contribution in [-0.2, 0) is 9.59 Å². The van der Waals surface area contributed by atoms with Gasteiger partial charge in [-0.2, -0.15) is 0 Å². The van der Waals surface area contributed by atoms with E-state index in [9.17, 15) is 9.59 Å². The molecule has 2 amide bonds. The highest BCUT2D eigenvalue weighted by Crippen LogP contribution is 2.27.